The minimum Gasteiger partial charge on any atom is -0.497 e. The van der Waals surface area contributed by atoms with E-state index < -0.39 is 0 Å². The summed E-state index contributed by atoms with van der Waals surface area (Å²) in [5, 5.41) is 7.63. The number of nitrogens with one attached hydrogen (secondary N) is 1. The molecule has 7 nitrogen and oxygen atoms in total. The van der Waals surface area contributed by atoms with Crippen molar-refractivity contribution in [3.05, 3.63) is 77.1 Å². The van der Waals surface area contributed by atoms with Crippen molar-refractivity contribution in [2.75, 3.05) is 40.0 Å². The topological polar surface area (TPSA) is 68.6 Å². The summed E-state index contributed by atoms with van der Waals surface area (Å²) in [6.07, 6.45) is 0. The van der Waals surface area contributed by atoms with Crippen molar-refractivity contribution in [2.45, 2.75) is 19.9 Å². The molecule has 32 heavy (non-hydrogen) atoms. The number of ether oxygens (including phenoxy) is 2. The van der Waals surface area contributed by atoms with Crippen molar-refractivity contribution < 1.29 is 14.3 Å². The summed E-state index contributed by atoms with van der Waals surface area (Å²) in [4.78, 5) is 15.2. The number of methoxy groups -OCH3 is 1. The van der Waals surface area contributed by atoms with Crippen LogP contribution in [-0.2, 0) is 4.74 Å². The standard InChI is InChI=1S/C25H30N4O3/c1-18-16-19(2)29(27-18)22-8-4-21(5-9-22)25(30)26-17-24(28-12-14-32-15-13-28)20-6-10-23(31-3)11-7-20/h4-11,16,24H,12-15,17H2,1-3H3,(H,26,30). The smallest absolute Gasteiger partial charge is 0.251 e. The van der Waals surface area contributed by atoms with Gasteiger partial charge in [0, 0.05) is 30.9 Å². The number of hydrogen-bond acceptors (Lipinski definition) is 5. The molecule has 0 aliphatic carbocycles. The molecule has 0 spiro atoms. The van der Waals surface area contributed by atoms with E-state index >= 15 is 0 Å². The van der Waals surface area contributed by atoms with Crippen LogP contribution in [0.4, 0.5) is 0 Å². The van der Waals surface area contributed by atoms with E-state index in [9.17, 15) is 4.79 Å². The number of nitrogens with zero attached hydrogens (tertiary/aromatic N) is 3. The van der Waals surface area contributed by atoms with Crippen LogP contribution in [0.15, 0.2) is 54.6 Å². The molecule has 168 valence electrons. The van der Waals surface area contributed by atoms with Crippen LogP contribution < -0.4 is 10.1 Å². The van der Waals surface area contributed by atoms with E-state index in [2.05, 4.69) is 27.4 Å². The van der Waals surface area contributed by atoms with Crippen LogP contribution in [0.5, 0.6) is 5.75 Å². The normalized spacial score (nSPS) is 15.3. The highest BCUT2D eigenvalue weighted by molar-refractivity contribution is 5.94. The van der Waals surface area contributed by atoms with Gasteiger partial charge in [-0.3, -0.25) is 9.69 Å². The number of morpholine rings is 1. The zero-order chi connectivity index (χ0) is 22.5. The lowest BCUT2D eigenvalue weighted by Gasteiger charge is -2.35. The lowest BCUT2D eigenvalue weighted by molar-refractivity contribution is 0.0162. The number of carbonyl (C=O) groups is 1. The van der Waals surface area contributed by atoms with Crippen LogP contribution >= 0.6 is 0 Å². The zero-order valence-corrected chi connectivity index (χ0v) is 18.9. The Hall–Kier alpha value is -3.16. The molecule has 7 heteroatoms. The first kappa shape index (κ1) is 22.0. The molecule has 0 saturated carbocycles. The Balaban J connectivity index is 1.46. The zero-order valence-electron chi connectivity index (χ0n) is 18.9. The van der Waals surface area contributed by atoms with E-state index in [4.69, 9.17) is 9.47 Å². The second-order valence-electron chi connectivity index (χ2n) is 8.03. The van der Waals surface area contributed by atoms with E-state index in [0.717, 1.165) is 41.5 Å². The fourth-order valence-electron chi connectivity index (χ4n) is 4.11. The van der Waals surface area contributed by atoms with Gasteiger partial charge in [-0.1, -0.05) is 12.1 Å². The second kappa shape index (κ2) is 9.97. The van der Waals surface area contributed by atoms with Crippen LogP contribution in [0.3, 0.4) is 0 Å². The average Bonchev–Trinajstić information content (AvgIpc) is 3.18. The lowest BCUT2D eigenvalue weighted by Crippen LogP contribution is -2.43. The molecule has 1 atom stereocenters. The largest absolute Gasteiger partial charge is 0.497 e. The number of rotatable bonds is 7. The van der Waals surface area contributed by atoms with Crippen LogP contribution in [0.2, 0.25) is 0 Å². The van der Waals surface area contributed by atoms with Crippen LogP contribution in [0, 0.1) is 13.8 Å². The average molecular weight is 435 g/mol. The molecule has 1 aliphatic heterocycles. The van der Waals surface area contributed by atoms with Gasteiger partial charge in [0.15, 0.2) is 0 Å². The first-order valence-corrected chi connectivity index (χ1v) is 10.9. The summed E-state index contributed by atoms with van der Waals surface area (Å²) < 4.78 is 12.7. The van der Waals surface area contributed by atoms with E-state index in [0.29, 0.717) is 25.3 Å². The molecule has 3 aromatic rings. The summed E-state index contributed by atoms with van der Waals surface area (Å²) in [7, 11) is 1.66. The first-order chi connectivity index (χ1) is 15.5. The second-order valence-corrected chi connectivity index (χ2v) is 8.03. The highest BCUT2D eigenvalue weighted by atomic mass is 16.5. The number of aromatic nitrogens is 2. The van der Waals surface area contributed by atoms with E-state index in [-0.39, 0.29) is 11.9 Å². The summed E-state index contributed by atoms with van der Waals surface area (Å²) in [5.74, 6) is 0.734. The van der Waals surface area contributed by atoms with Gasteiger partial charge in [0.05, 0.1) is 37.7 Å². The van der Waals surface area contributed by atoms with Gasteiger partial charge in [0.2, 0.25) is 0 Å². The Bertz CT molecular complexity index is 1040. The number of amides is 1. The predicted molar refractivity (Wildman–Crippen MR) is 123 cm³/mol. The molecule has 1 fully saturated rings. The lowest BCUT2D eigenvalue weighted by atomic mass is 10.0. The molecule has 2 aromatic carbocycles. The fourth-order valence-corrected chi connectivity index (χ4v) is 4.11. The van der Waals surface area contributed by atoms with E-state index in [1.54, 1.807) is 7.11 Å². The highest BCUT2D eigenvalue weighted by Crippen LogP contribution is 2.24. The maximum Gasteiger partial charge on any atom is 0.251 e. The molecule has 0 bridgehead atoms. The van der Waals surface area contributed by atoms with Crippen LogP contribution in [-0.4, -0.2) is 60.5 Å². The van der Waals surface area contributed by atoms with Crippen molar-refractivity contribution in [3.63, 3.8) is 0 Å². The Labute approximate surface area is 188 Å². The summed E-state index contributed by atoms with van der Waals surface area (Å²) in [5.41, 5.74) is 4.75. The predicted octanol–water partition coefficient (Wildman–Crippen LogP) is 3.30. The van der Waals surface area contributed by atoms with Crippen molar-refractivity contribution in [3.8, 4) is 11.4 Å². The summed E-state index contributed by atoms with van der Waals surface area (Å²) in [6, 6.07) is 17.7. The SMILES string of the molecule is COc1ccc(C(CNC(=O)c2ccc(-n3nc(C)cc3C)cc2)N2CCOCC2)cc1. The Morgan fingerprint density at radius 1 is 1.09 bits per heavy atom. The van der Waals surface area contributed by atoms with Crippen molar-refractivity contribution in [2.24, 2.45) is 0 Å². The summed E-state index contributed by atoms with van der Waals surface area (Å²) in [6.45, 7) is 7.59. The molecular weight excluding hydrogens is 404 g/mol. The molecule has 1 amide bonds. The maximum absolute atomic E-state index is 12.9. The molecule has 0 radical (unpaired) electrons. The molecule has 1 saturated heterocycles. The third kappa shape index (κ3) is 5.00. The van der Waals surface area contributed by atoms with E-state index in [1.165, 1.54) is 0 Å². The van der Waals surface area contributed by atoms with Gasteiger partial charge >= 0.3 is 0 Å². The highest BCUT2D eigenvalue weighted by Gasteiger charge is 2.23. The van der Waals surface area contributed by atoms with E-state index in [1.807, 2.05) is 61.0 Å². The monoisotopic (exact) mass is 434 g/mol. The molecular formula is C25H30N4O3. The number of carbonyl (C=O) groups excluding carboxylic acids is 1. The molecule has 1 unspecified atom stereocenters. The van der Waals surface area contributed by atoms with Crippen LogP contribution in [0.25, 0.3) is 5.69 Å². The molecule has 4 rings (SSSR count). The quantitative estimate of drug-likeness (QED) is 0.618. The Kier molecular flexibility index (Phi) is 6.87. The maximum atomic E-state index is 12.9. The van der Waals surface area contributed by atoms with Gasteiger partial charge in [0.25, 0.3) is 5.91 Å². The van der Waals surface area contributed by atoms with Crippen LogP contribution in [0.1, 0.15) is 33.4 Å². The van der Waals surface area contributed by atoms with Gasteiger partial charge in [-0.25, -0.2) is 4.68 Å². The van der Waals surface area contributed by atoms with Crippen molar-refractivity contribution in [1.82, 2.24) is 20.0 Å². The number of hydrogen-bond donors (Lipinski definition) is 1. The Morgan fingerprint density at radius 3 is 2.38 bits per heavy atom. The van der Waals surface area contributed by atoms with Gasteiger partial charge in [-0.2, -0.15) is 5.10 Å². The Morgan fingerprint density at radius 2 is 1.78 bits per heavy atom. The van der Waals surface area contributed by atoms with Gasteiger partial charge in [-0.15, -0.1) is 0 Å². The minimum absolute atomic E-state index is 0.0720. The third-order valence-electron chi connectivity index (χ3n) is 5.83. The molecule has 1 aromatic heterocycles. The molecule has 2 heterocycles. The van der Waals surface area contributed by atoms with Crippen molar-refractivity contribution >= 4 is 5.91 Å². The minimum atomic E-state index is -0.0864. The van der Waals surface area contributed by atoms with Gasteiger partial charge < -0.3 is 14.8 Å². The first-order valence-electron chi connectivity index (χ1n) is 10.9. The van der Waals surface area contributed by atoms with Gasteiger partial charge in [0.1, 0.15) is 5.75 Å². The fraction of sp³-hybridized carbons (Fsp3) is 0.360. The van der Waals surface area contributed by atoms with Gasteiger partial charge in [-0.05, 0) is 61.9 Å². The number of aryl methyl sites for hydroxylation is 2. The molecule has 1 aliphatic rings. The number of benzene rings is 2. The third-order valence-corrected chi connectivity index (χ3v) is 5.83. The van der Waals surface area contributed by atoms with Crippen molar-refractivity contribution in [1.29, 1.82) is 0 Å². The molecule has 1 N–H and O–H groups in total. The summed E-state index contributed by atoms with van der Waals surface area (Å²) >= 11 is 0.